The number of alkyl halides is 3. The van der Waals surface area contributed by atoms with Crippen LogP contribution < -0.4 is 0 Å². The molecule has 0 amide bonds. The summed E-state index contributed by atoms with van der Waals surface area (Å²) >= 11 is 28.0. The Morgan fingerprint density at radius 2 is 1.90 bits per heavy atom. The Labute approximate surface area is 138 Å². The fraction of sp³-hybridized carbons (Fsp3) is 0.300. The lowest BCUT2D eigenvalue weighted by Crippen LogP contribution is -2.37. The minimum atomic E-state index is -2.13. The number of benzene rings is 1. The van der Waals surface area contributed by atoms with Gasteiger partial charge in [0.1, 0.15) is 0 Å². The number of rotatable bonds is 4. The second-order valence-corrected chi connectivity index (χ2v) is 6.76. The highest BCUT2D eigenvalue weighted by Gasteiger charge is 2.40. The Morgan fingerprint density at radius 3 is 2.35 bits per heavy atom. The molecule has 110 valence electrons. The van der Waals surface area contributed by atoms with Crippen molar-refractivity contribution in [2.75, 3.05) is 6.54 Å². The summed E-state index contributed by atoms with van der Waals surface area (Å²) in [6.07, 6.45) is -1.54. The third-order valence-electron chi connectivity index (χ3n) is 2.08. The molecule has 1 aromatic carbocycles. The number of carbonyl (C=O) groups excluding carboxylic acids is 1. The maximum atomic E-state index is 11.8. The number of nitro groups is 1. The first-order valence-electron chi connectivity index (χ1n) is 4.96. The molecule has 1 rings (SSSR count). The van der Waals surface area contributed by atoms with Gasteiger partial charge < -0.3 is 4.74 Å². The van der Waals surface area contributed by atoms with Gasteiger partial charge in [-0.1, -0.05) is 58.0 Å². The third kappa shape index (κ3) is 5.14. The van der Waals surface area contributed by atoms with E-state index in [0.29, 0.717) is 0 Å². The fourth-order valence-corrected chi connectivity index (χ4v) is 1.80. The van der Waals surface area contributed by atoms with Crippen molar-refractivity contribution in [3.63, 3.8) is 0 Å². The molecule has 0 heterocycles. The van der Waals surface area contributed by atoms with E-state index in [1.54, 1.807) is 0 Å². The molecule has 0 saturated heterocycles. The maximum absolute atomic E-state index is 11.8. The molecule has 10 heteroatoms. The third-order valence-corrected chi connectivity index (χ3v) is 3.55. The molecule has 1 atom stereocenters. The van der Waals surface area contributed by atoms with Crippen molar-refractivity contribution in [1.29, 1.82) is 0 Å². The SMILES string of the molecule is O=C(OC(C[N+](=O)[O-])C(Cl)(Cl)Cl)c1ccc(Cl)c(Cl)c1. The summed E-state index contributed by atoms with van der Waals surface area (Å²) in [5.74, 6) is -0.915. The number of esters is 1. The van der Waals surface area contributed by atoms with Crippen LogP contribution in [0.2, 0.25) is 10.0 Å². The second-order valence-electron chi connectivity index (χ2n) is 3.58. The lowest BCUT2D eigenvalue weighted by Gasteiger charge is -2.21. The van der Waals surface area contributed by atoms with E-state index in [2.05, 4.69) is 0 Å². The van der Waals surface area contributed by atoms with Gasteiger partial charge in [-0.3, -0.25) is 10.1 Å². The Balaban J connectivity index is 2.90. The normalized spacial score (nSPS) is 12.8. The number of hydrogen-bond acceptors (Lipinski definition) is 4. The van der Waals surface area contributed by atoms with Crippen molar-refractivity contribution in [3.05, 3.63) is 43.9 Å². The minimum absolute atomic E-state index is 0.0296. The molecular formula is C10H6Cl5NO4. The predicted octanol–water partition coefficient (Wildman–Crippen LogP) is 4.17. The monoisotopic (exact) mass is 379 g/mol. The van der Waals surface area contributed by atoms with Crippen LogP contribution in [0.5, 0.6) is 0 Å². The molecule has 20 heavy (non-hydrogen) atoms. The van der Waals surface area contributed by atoms with Gasteiger partial charge in [-0.05, 0) is 18.2 Å². The average molecular weight is 381 g/mol. The second kappa shape index (κ2) is 7.00. The van der Waals surface area contributed by atoms with Crippen LogP contribution in [0.3, 0.4) is 0 Å². The number of carbonyl (C=O) groups is 1. The highest BCUT2D eigenvalue weighted by molar-refractivity contribution is 6.68. The van der Waals surface area contributed by atoms with E-state index in [1.807, 2.05) is 0 Å². The largest absolute Gasteiger partial charge is 0.447 e. The van der Waals surface area contributed by atoms with Crippen molar-refractivity contribution in [2.24, 2.45) is 0 Å². The van der Waals surface area contributed by atoms with Gasteiger partial charge in [0.05, 0.1) is 15.6 Å². The first kappa shape index (κ1) is 17.6. The van der Waals surface area contributed by atoms with Gasteiger partial charge in [0.15, 0.2) is 0 Å². The van der Waals surface area contributed by atoms with E-state index in [4.69, 9.17) is 62.7 Å². The smallest absolute Gasteiger partial charge is 0.338 e. The van der Waals surface area contributed by atoms with E-state index in [0.717, 1.165) is 0 Å². The Hall–Kier alpha value is -0.460. The highest BCUT2D eigenvalue weighted by atomic mass is 35.6. The zero-order valence-corrected chi connectivity index (χ0v) is 13.3. The van der Waals surface area contributed by atoms with E-state index >= 15 is 0 Å². The average Bonchev–Trinajstić information content (AvgIpc) is 2.30. The van der Waals surface area contributed by atoms with Crippen LogP contribution in [0.1, 0.15) is 10.4 Å². The molecule has 0 radical (unpaired) electrons. The van der Waals surface area contributed by atoms with E-state index in [1.165, 1.54) is 18.2 Å². The summed E-state index contributed by atoms with van der Waals surface area (Å²) < 4.78 is 2.70. The summed E-state index contributed by atoms with van der Waals surface area (Å²) in [5, 5.41) is 10.8. The summed E-state index contributed by atoms with van der Waals surface area (Å²) in [5.41, 5.74) is 0.0296. The van der Waals surface area contributed by atoms with Crippen LogP contribution in [0.15, 0.2) is 18.2 Å². The molecular weight excluding hydrogens is 375 g/mol. The van der Waals surface area contributed by atoms with Crippen LogP contribution in [0.25, 0.3) is 0 Å². The molecule has 1 unspecified atom stereocenters. The van der Waals surface area contributed by atoms with Crippen LogP contribution in [-0.4, -0.2) is 27.3 Å². The van der Waals surface area contributed by atoms with Gasteiger partial charge >= 0.3 is 5.97 Å². The zero-order chi connectivity index (χ0) is 15.5. The van der Waals surface area contributed by atoms with Crippen LogP contribution in [0.4, 0.5) is 0 Å². The van der Waals surface area contributed by atoms with Crippen molar-refractivity contribution < 1.29 is 14.5 Å². The maximum Gasteiger partial charge on any atom is 0.338 e. The molecule has 0 aliphatic rings. The van der Waals surface area contributed by atoms with Crippen LogP contribution in [-0.2, 0) is 4.74 Å². The summed E-state index contributed by atoms with van der Waals surface area (Å²) in [6, 6.07) is 3.95. The van der Waals surface area contributed by atoms with E-state index in [9.17, 15) is 14.9 Å². The molecule has 0 aliphatic carbocycles. The fourth-order valence-electron chi connectivity index (χ4n) is 1.16. The molecule has 0 saturated carbocycles. The van der Waals surface area contributed by atoms with Gasteiger partial charge in [-0.25, -0.2) is 4.79 Å². The molecule has 0 bridgehead atoms. The van der Waals surface area contributed by atoms with Crippen LogP contribution >= 0.6 is 58.0 Å². The summed E-state index contributed by atoms with van der Waals surface area (Å²) in [7, 11) is 0. The van der Waals surface area contributed by atoms with Gasteiger partial charge in [-0.15, -0.1) is 0 Å². The molecule has 5 nitrogen and oxygen atoms in total. The topological polar surface area (TPSA) is 69.4 Å². The lowest BCUT2D eigenvalue weighted by atomic mass is 10.2. The zero-order valence-electron chi connectivity index (χ0n) is 9.49. The Morgan fingerprint density at radius 1 is 1.30 bits per heavy atom. The van der Waals surface area contributed by atoms with Gasteiger partial charge in [-0.2, -0.15) is 0 Å². The number of halogens is 5. The standard InChI is InChI=1S/C10H6Cl5NO4/c11-6-2-1-5(3-7(6)12)9(17)20-8(4-16(18)19)10(13,14)15/h1-3,8H,4H2. The Bertz CT molecular complexity index is 531. The van der Waals surface area contributed by atoms with Gasteiger partial charge in [0, 0.05) is 4.92 Å². The highest BCUT2D eigenvalue weighted by Crippen LogP contribution is 2.33. The molecule has 0 N–H and O–H groups in total. The molecule has 1 aromatic rings. The predicted molar refractivity (Wildman–Crippen MR) is 77.8 cm³/mol. The van der Waals surface area contributed by atoms with Crippen molar-refractivity contribution in [3.8, 4) is 0 Å². The lowest BCUT2D eigenvalue weighted by molar-refractivity contribution is -0.489. The quantitative estimate of drug-likeness (QED) is 0.340. The van der Waals surface area contributed by atoms with Crippen molar-refractivity contribution in [2.45, 2.75) is 9.90 Å². The van der Waals surface area contributed by atoms with Gasteiger partial charge in [0.25, 0.3) is 0 Å². The van der Waals surface area contributed by atoms with E-state index in [-0.39, 0.29) is 15.6 Å². The molecule has 0 aliphatic heterocycles. The van der Waals surface area contributed by atoms with E-state index < -0.39 is 27.3 Å². The number of ether oxygens (including phenoxy) is 1. The number of nitrogens with zero attached hydrogens (tertiary/aromatic N) is 1. The molecule has 0 spiro atoms. The first-order chi connectivity index (χ1) is 9.11. The first-order valence-corrected chi connectivity index (χ1v) is 6.85. The van der Waals surface area contributed by atoms with Gasteiger partial charge in [0.2, 0.25) is 16.4 Å². The molecule has 0 fully saturated rings. The van der Waals surface area contributed by atoms with Crippen LogP contribution in [0, 0.1) is 10.1 Å². The Kier molecular flexibility index (Phi) is 6.16. The summed E-state index contributed by atoms with van der Waals surface area (Å²) in [4.78, 5) is 21.5. The minimum Gasteiger partial charge on any atom is -0.447 e. The van der Waals surface area contributed by atoms with Crippen molar-refractivity contribution >= 4 is 64.0 Å². The summed E-state index contributed by atoms with van der Waals surface area (Å²) in [6.45, 7) is -0.844. The number of hydrogen-bond donors (Lipinski definition) is 0. The van der Waals surface area contributed by atoms with Crippen molar-refractivity contribution in [1.82, 2.24) is 0 Å². The molecule has 0 aromatic heterocycles.